The summed E-state index contributed by atoms with van der Waals surface area (Å²) in [6, 6.07) is 7.12. The van der Waals surface area contributed by atoms with Crippen LogP contribution in [0, 0.1) is 0 Å². The summed E-state index contributed by atoms with van der Waals surface area (Å²) >= 11 is 1.30. The quantitative estimate of drug-likeness (QED) is 0.673. The maximum atomic E-state index is 12.3. The normalized spacial score (nSPS) is 13.6. The minimum atomic E-state index is -0.400. The number of esters is 1. The van der Waals surface area contributed by atoms with Crippen LogP contribution in [0.5, 0.6) is 5.75 Å². The van der Waals surface area contributed by atoms with Crippen LogP contribution in [0.2, 0.25) is 0 Å². The van der Waals surface area contributed by atoms with Crippen LogP contribution < -0.4 is 5.73 Å². The van der Waals surface area contributed by atoms with Crippen LogP contribution in [0.3, 0.4) is 0 Å². The van der Waals surface area contributed by atoms with Gasteiger partial charge in [-0.1, -0.05) is 12.1 Å². The molecule has 1 aromatic carbocycles. The van der Waals surface area contributed by atoms with Gasteiger partial charge in [0.15, 0.2) is 0 Å². The van der Waals surface area contributed by atoms with E-state index in [-0.39, 0.29) is 5.75 Å². The van der Waals surface area contributed by atoms with E-state index < -0.39 is 5.97 Å². The number of ether oxygens (including phenoxy) is 1. The largest absolute Gasteiger partial charge is 0.508 e. The van der Waals surface area contributed by atoms with Crippen molar-refractivity contribution in [3.05, 3.63) is 40.4 Å². The Morgan fingerprint density at radius 3 is 2.73 bits per heavy atom. The van der Waals surface area contributed by atoms with Crippen molar-refractivity contribution in [3.63, 3.8) is 0 Å². The van der Waals surface area contributed by atoms with Gasteiger partial charge >= 0.3 is 5.97 Å². The molecular formula is C20H20N2O3S. The highest BCUT2D eigenvalue weighted by Gasteiger charge is 2.26. The number of phenolic OH excluding ortho intramolecular Hbond substituents is 1. The highest BCUT2D eigenvalue weighted by Crippen LogP contribution is 2.44. The second-order valence-electron chi connectivity index (χ2n) is 6.41. The van der Waals surface area contributed by atoms with Crippen molar-refractivity contribution in [2.45, 2.75) is 32.6 Å². The predicted octanol–water partition coefficient (Wildman–Crippen LogP) is 4.31. The standard InChI is InChI=1S/C20H20N2O3S/c1-2-25-20(24)18-17(21)16-15(11-7-9-12(23)10-8-11)13-5-3-4-6-14(13)22-19(16)26-18/h7-10,23H,2-6,21H2,1H3. The monoisotopic (exact) mass is 368 g/mol. The third kappa shape index (κ3) is 2.70. The fourth-order valence-corrected chi connectivity index (χ4v) is 4.62. The predicted molar refractivity (Wildman–Crippen MR) is 104 cm³/mol. The van der Waals surface area contributed by atoms with E-state index in [1.165, 1.54) is 16.9 Å². The molecule has 0 aliphatic heterocycles. The number of hydrogen-bond donors (Lipinski definition) is 2. The minimum absolute atomic E-state index is 0.221. The van der Waals surface area contributed by atoms with Gasteiger partial charge in [0.2, 0.25) is 0 Å². The zero-order valence-corrected chi connectivity index (χ0v) is 15.4. The Morgan fingerprint density at radius 1 is 1.27 bits per heavy atom. The molecule has 0 bridgehead atoms. The molecule has 2 heterocycles. The van der Waals surface area contributed by atoms with E-state index in [2.05, 4.69) is 0 Å². The van der Waals surface area contributed by atoms with Crippen LogP contribution in [0.4, 0.5) is 5.69 Å². The number of benzene rings is 1. The molecule has 0 spiro atoms. The molecule has 1 aliphatic rings. The number of carbonyl (C=O) groups is 1. The van der Waals surface area contributed by atoms with Gasteiger partial charge in [-0.15, -0.1) is 11.3 Å². The number of pyridine rings is 1. The molecule has 0 unspecified atom stereocenters. The van der Waals surface area contributed by atoms with Gasteiger partial charge in [-0.3, -0.25) is 0 Å². The van der Waals surface area contributed by atoms with Gasteiger partial charge in [-0.05, 0) is 61.4 Å². The van der Waals surface area contributed by atoms with Gasteiger partial charge in [-0.2, -0.15) is 0 Å². The molecule has 0 atom stereocenters. The zero-order chi connectivity index (χ0) is 18.3. The summed E-state index contributed by atoms with van der Waals surface area (Å²) in [7, 11) is 0. The number of nitrogens with zero attached hydrogens (tertiary/aromatic N) is 1. The smallest absolute Gasteiger partial charge is 0.350 e. The van der Waals surface area contributed by atoms with Gasteiger partial charge in [0, 0.05) is 11.1 Å². The number of nitrogen functional groups attached to an aromatic ring is 1. The van der Waals surface area contributed by atoms with Gasteiger partial charge in [-0.25, -0.2) is 9.78 Å². The molecular weight excluding hydrogens is 348 g/mol. The molecule has 26 heavy (non-hydrogen) atoms. The summed E-state index contributed by atoms with van der Waals surface area (Å²) in [6.07, 6.45) is 4.10. The van der Waals surface area contributed by atoms with Crippen molar-refractivity contribution in [1.82, 2.24) is 4.98 Å². The van der Waals surface area contributed by atoms with Crippen molar-refractivity contribution >= 4 is 33.2 Å². The van der Waals surface area contributed by atoms with Crippen molar-refractivity contribution in [2.75, 3.05) is 12.3 Å². The number of hydrogen-bond acceptors (Lipinski definition) is 6. The highest BCUT2D eigenvalue weighted by molar-refractivity contribution is 7.21. The average Bonchev–Trinajstić information content (AvgIpc) is 2.97. The maximum Gasteiger partial charge on any atom is 0.350 e. The van der Waals surface area contributed by atoms with E-state index in [0.29, 0.717) is 17.2 Å². The molecule has 2 aromatic heterocycles. The molecule has 4 rings (SSSR count). The Bertz CT molecular complexity index is 993. The number of aromatic nitrogens is 1. The molecule has 0 saturated carbocycles. The van der Waals surface area contributed by atoms with Crippen LogP contribution in [0.15, 0.2) is 24.3 Å². The van der Waals surface area contributed by atoms with E-state index in [1.807, 2.05) is 12.1 Å². The van der Waals surface area contributed by atoms with Crippen LogP contribution in [0.25, 0.3) is 21.3 Å². The van der Waals surface area contributed by atoms with E-state index in [0.717, 1.165) is 52.7 Å². The molecule has 0 radical (unpaired) electrons. The van der Waals surface area contributed by atoms with Gasteiger partial charge in [0.1, 0.15) is 15.5 Å². The number of anilines is 1. The SMILES string of the molecule is CCOC(=O)c1sc2nc3c(c(-c4ccc(O)cc4)c2c1N)CCCC3. The summed E-state index contributed by atoms with van der Waals surface area (Å²) in [5, 5.41) is 10.5. The number of rotatable bonds is 3. The number of thiophene rings is 1. The first-order chi connectivity index (χ1) is 12.6. The number of carbonyl (C=O) groups excluding carboxylic acids is 1. The number of nitrogens with two attached hydrogens (primary N) is 1. The summed E-state index contributed by atoms with van der Waals surface area (Å²) in [4.78, 5) is 18.3. The number of phenols is 1. The first kappa shape index (κ1) is 16.8. The first-order valence-corrected chi connectivity index (χ1v) is 9.62. The van der Waals surface area contributed by atoms with Gasteiger partial charge < -0.3 is 15.6 Å². The van der Waals surface area contributed by atoms with E-state index in [1.54, 1.807) is 19.1 Å². The Morgan fingerprint density at radius 2 is 2.00 bits per heavy atom. The highest BCUT2D eigenvalue weighted by atomic mass is 32.1. The molecule has 1 aliphatic carbocycles. The lowest BCUT2D eigenvalue weighted by molar-refractivity contribution is 0.0533. The molecule has 0 saturated heterocycles. The van der Waals surface area contributed by atoms with E-state index in [9.17, 15) is 9.90 Å². The first-order valence-electron chi connectivity index (χ1n) is 8.80. The molecule has 0 fully saturated rings. The molecule has 5 nitrogen and oxygen atoms in total. The van der Waals surface area contributed by atoms with E-state index in [4.69, 9.17) is 15.5 Å². The molecule has 134 valence electrons. The second-order valence-corrected chi connectivity index (χ2v) is 7.41. The fraction of sp³-hybridized carbons (Fsp3) is 0.300. The summed E-state index contributed by atoms with van der Waals surface area (Å²) in [6.45, 7) is 2.08. The summed E-state index contributed by atoms with van der Waals surface area (Å²) in [5.41, 5.74) is 11.1. The Hall–Kier alpha value is -2.60. The Labute approximate surface area is 155 Å². The van der Waals surface area contributed by atoms with Crippen molar-refractivity contribution in [2.24, 2.45) is 0 Å². The van der Waals surface area contributed by atoms with E-state index >= 15 is 0 Å². The average molecular weight is 368 g/mol. The topological polar surface area (TPSA) is 85.4 Å². The second kappa shape index (κ2) is 6.61. The maximum absolute atomic E-state index is 12.3. The fourth-order valence-electron chi connectivity index (χ4n) is 3.60. The lowest BCUT2D eigenvalue weighted by atomic mass is 9.87. The molecule has 6 heteroatoms. The van der Waals surface area contributed by atoms with Gasteiger partial charge in [0.25, 0.3) is 0 Å². The summed E-state index contributed by atoms with van der Waals surface area (Å²) in [5.74, 6) is -0.180. The Balaban J connectivity index is 2.03. The molecule has 3 aromatic rings. The number of aromatic hydroxyl groups is 1. The van der Waals surface area contributed by atoms with Gasteiger partial charge in [0.05, 0.1) is 12.3 Å². The molecule has 0 amide bonds. The lowest BCUT2D eigenvalue weighted by Gasteiger charge is -2.20. The number of aryl methyl sites for hydroxylation is 1. The van der Waals surface area contributed by atoms with Crippen LogP contribution >= 0.6 is 11.3 Å². The van der Waals surface area contributed by atoms with Crippen LogP contribution in [-0.4, -0.2) is 22.7 Å². The lowest BCUT2D eigenvalue weighted by Crippen LogP contribution is -2.08. The molecule has 3 N–H and O–H groups in total. The van der Waals surface area contributed by atoms with Crippen molar-refractivity contribution < 1.29 is 14.6 Å². The number of fused-ring (bicyclic) bond motifs is 2. The minimum Gasteiger partial charge on any atom is -0.508 e. The third-order valence-corrected chi connectivity index (χ3v) is 5.85. The van der Waals surface area contributed by atoms with Crippen LogP contribution in [0.1, 0.15) is 40.7 Å². The third-order valence-electron chi connectivity index (χ3n) is 4.77. The van der Waals surface area contributed by atoms with Crippen molar-refractivity contribution in [3.8, 4) is 16.9 Å². The summed E-state index contributed by atoms with van der Waals surface area (Å²) < 4.78 is 5.16. The Kier molecular flexibility index (Phi) is 4.28. The van der Waals surface area contributed by atoms with Crippen LogP contribution in [-0.2, 0) is 17.6 Å². The van der Waals surface area contributed by atoms with Crippen molar-refractivity contribution in [1.29, 1.82) is 0 Å². The zero-order valence-electron chi connectivity index (χ0n) is 14.5.